The average molecular weight is 249 g/mol. The van der Waals surface area contributed by atoms with Crippen LogP contribution in [0, 0.1) is 5.92 Å². The second kappa shape index (κ2) is 6.52. The Kier molecular flexibility index (Phi) is 4.73. The number of carbonyl (C=O) groups is 1. The summed E-state index contributed by atoms with van der Waals surface area (Å²) in [5.41, 5.74) is 1.11. The lowest BCUT2D eigenvalue weighted by atomic mass is 10.0. The highest BCUT2D eigenvalue weighted by molar-refractivity contribution is 5.79. The summed E-state index contributed by atoms with van der Waals surface area (Å²) in [4.78, 5) is 11.9. The van der Waals surface area contributed by atoms with E-state index in [9.17, 15) is 9.90 Å². The van der Waals surface area contributed by atoms with E-state index in [1.54, 1.807) is 0 Å². The Morgan fingerprint density at radius 3 is 2.83 bits per heavy atom. The van der Waals surface area contributed by atoms with Crippen molar-refractivity contribution in [2.24, 2.45) is 5.92 Å². The van der Waals surface area contributed by atoms with Gasteiger partial charge in [0.1, 0.15) is 0 Å². The van der Waals surface area contributed by atoms with E-state index in [0.717, 1.165) is 12.0 Å². The van der Waals surface area contributed by atoms with Crippen molar-refractivity contribution < 1.29 is 14.6 Å². The van der Waals surface area contributed by atoms with Crippen LogP contribution >= 0.6 is 0 Å². The molecule has 0 radical (unpaired) electrons. The van der Waals surface area contributed by atoms with Crippen LogP contribution < -0.4 is 5.32 Å². The Morgan fingerprint density at radius 2 is 2.22 bits per heavy atom. The van der Waals surface area contributed by atoms with Crippen molar-refractivity contribution in [3.63, 3.8) is 0 Å². The molecular formula is C14H19NO3. The predicted octanol–water partition coefficient (Wildman–Crippen LogP) is 0.743. The van der Waals surface area contributed by atoms with Gasteiger partial charge in [-0.25, -0.2) is 0 Å². The summed E-state index contributed by atoms with van der Waals surface area (Å²) in [6.45, 7) is 1.10. The van der Waals surface area contributed by atoms with E-state index in [-0.39, 0.29) is 24.5 Å². The number of amides is 1. The third kappa shape index (κ3) is 3.55. The molecule has 1 saturated heterocycles. The molecule has 0 saturated carbocycles. The lowest BCUT2D eigenvalue weighted by Crippen LogP contribution is -2.42. The first-order valence-corrected chi connectivity index (χ1v) is 6.32. The first-order chi connectivity index (χ1) is 8.79. The highest BCUT2D eigenvalue weighted by Gasteiger charge is 2.25. The number of benzene rings is 1. The number of aliphatic hydroxyl groups is 1. The van der Waals surface area contributed by atoms with Gasteiger partial charge in [-0.05, 0) is 18.4 Å². The summed E-state index contributed by atoms with van der Waals surface area (Å²) < 4.78 is 5.19. The average Bonchev–Trinajstić information content (AvgIpc) is 2.93. The van der Waals surface area contributed by atoms with Crippen LogP contribution in [0.25, 0.3) is 0 Å². The quantitative estimate of drug-likeness (QED) is 0.809. The van der Waals surface area contributed by atoms with Crippen LogP contribution in [-0.2, 0) is 16.0 Å². The molecule has 0 bridgehead atoms. The highest BCUT2D eigenvalue weighted by atomic mass is 16.5. The Morgan fingerprint density at radius 1 is 1.44 bits per heavy atom. The lowest BCUT2D eigenvalue weighted by Gasteiger charge is -2.18. The number of ether oxygens (including phenoxy) is 1. The van der Waals surface area contributed by atoms with Crippen molar-refractivity contribution in [3.05, 3.63) is 35.9 Å². The number of nitrogens with one attached hydrogen (secondary N) is 1. The van der Waals surface area contributed by atoms with Gasteiger partial charge in [0.2, 0.25) is 5.91 Å². The molecule has 0 aliphatic carbocycles. The third-order valence-electron chi connectivity index (χ3n) is 3.19. The van der Waals surface area contributed by atoms with E-state index < -0.39 is 0 Å². The van der Waals surface area contributed by atoms with Gasteiger partial charge in [-0.3, -0.25) is 4.79 Å². The molecule has 2 rings (SSSR count). The van der Waals surface area contributed by atoms with E-state index in [1.165, 1.54) is 0 Å². The number of hydrogen-bond acceptors (Lipinski definition) is 3. The van der Waals surface area contributed by atoms with Crippen molar-refractivity contribution in [3.8, 4) is 0 Å². The Balaban J connectivity index is 1.87. The fourth-order valence-electron chi connectivity index (χ4n) is 2.12. The highest BCUT2D eigenvalue weighted by Crippen LogP contribution is 2.13. The Hall–Kier alpha value is -1.39. The van der Waals surface area contributed by atoms with E-state index in [0.29, 0.717) is 19.6 Å². The number of hydrogen-bond donors (Lipinski definition) is 2. The Labute approximate surface area is 107 Å². The molecule has 1 amide bonds. The van der Waals surface area contributed by atoms with Gasteiger partial charge in [0.25, 0.3) is 0 Å². The summed E-state index contributed by atoms with van der Waals surface area (Å²) in [5.74, 6) is -0.0719. The van der Waals surface area contributed by atoms with Gasteiger partial charge in [-0.2, -0.15) is 0 Å². The van der Waals surface area contributed by atoms with Gasteiger partial charge in [0.05, 0.1) is 25.2 Å². The maximum atomic E-state index is 11.9. The minimum absolute atomic E-state index is 0.0116. The maximum absolute atomic E-state index is 11.9. The second-order valence-corrected chi connectivity index (χ2v) is 4.64. The van der Waals surface area contributed by atoms with Crippen molar-refractivity contribution in [2.75, 3.05) is 19.8 Å². The normalized spacial score (nSPS) is 20.6. The van der Waals surface area contributed by atoms with Crippen LogP contribution in [0.15, 0.2) is 30.3 Å². The molecule has 1 aliphatic rings. The molecule has 2 N–H and O–H groups in total. The molecule has 0 spiro atoms. The summed E-state index contributed by atoms with van der Waals surface area (Å²) in [7, 11) is 0. The van der Waals surface area contributed by atoms with Crippen LogP contribution in [0.2, 0.25) is 0 Å². The van der Waals surface area contributed by atoms with Crippen LogP contribution in [0.1, 0.15) is 12.0 Å². The van der Waals surface area contributed by atoms with Crippen molar-refractivity contribution >= 4 is 5.91 Å². The molecular weight excluding hydrogens is 230 g/mol. The third-order valence-corrected chi connectivity index (χ3v) is 3.19. The SMILES string of the molecule is O=C(N[C@H](CO)Cc1ccccc1)C1CCOC1. The van der Waals surface area contributed by atoms with Gasteiger partial charge >= 0.3 is 0 Å². The number of carbonyl (C=O) groups excluding carboxylic acids is 1. The molecule has 1 aromatic rings. The standard InChI is InChI=1S/C14H19NO3/c16-9-13(8-11-4-2-1-3-5-11)15-14(17)12-6-7-18-10-12/h1-5,12-13,16H,6-10H2,(H,15,17)/t12?,13-/m0/s1. The maximum Gasteiger partial charge on any atom is 0.225 e. The summed E-state index contributed by atoms with van der Waals surface area (Å²) in [6, 6.07) is 9.63. The smallest absolute Gasteiger partial charge is 0.225 e. The second-order valence-electron chi connectivity index (χ2n) is 4.64. The summed E-state index contributed by atoms with van der Waals surface area (Å²) >= 11 is 0. The van der Waals surface area contributed by atoms with Crippen LogP contribution in [0.5, 0.6) is 0 Å². The molecule has 98 valence electrons. The van der Waals surface area contributed by atoms with Crippen molar-refractivity contribution in [2.45, 2.75) is 18.9 Å². The fourth-order valence-corrected chi connectivity index (χ4v) is 2.12. The molecule has 1 aromatic carbocycles. The topological polar surface area (TPSA) is 58.6 Å². The predicted molar refractivity (Wildman–Crippen MR) is 68.1 cm³/mol. The molecule has 2 atom stereocenters. The van der Waals surface area contributed by atoms with Crippen LogP contribution in [-0.4, -0.2) is 36.9 Å². The van der Waals surface area contributed by atoms with Gasteiger partial charge in [0, 0.05) is 6.61 Å². The van der Waals surface area contributed by atoms with E-state index in [2.05, 4.69) is 5.32 Å². The van der Waals surface area contributed by atoms with Crippen molar-refractivity contribution in [1.82, 2.24) is 5.32 Å². The van der Waals surface area contributed by atoms with Gasteiger partial charge in [-0.1, -0.05) is 30.3 Å². The first kappa shape index (κ1) is 13.1. The van der Waals surface area contributed by atoms with Gasteiger partial charge < -0.3 is 15.2 Å². The Bertz CT molecular complexity index is 374. The summed E-state index contributed by atoms with van der Waals surface area (Å²) in [5, 5.41) is 12.2. The number of aliphatic hydroxyl groups excluding tert-OH is 1. The molecule has 1 heterocycles. The molecule has 1 unspecified atom stereocenters. The zero-order chi connectivity index (χ0) is 12.8. The van der Waals surface area contributed by atoms with E-state index >= 15 is 0 Å². The minimum Gasteiger partial charge on any atom is -0.394 e. The summed E-state index contributed by atoms with van der Waals surface area (Å²) in [6.07, 6.45) is 1.42. The van der Waals surface area contributed by atoms with Gasteiger partial charge in [-0.15, -0.1) is 0 Å². The molecule has 1 fully saturated rings. The monoisotopic (exact) mass is 249 g/mol. The zero-order valence-corrected chi connectivity index (χ0v) is 10.3. The van der Waals surface area contributed by atoms with Crippen LogP contribution in [0.3, 0.4) is 0 Å². The zero-order valence-electron chi connectivity index (χ0n) is 10.3. The first-order valence-electron chi connectivity index (χ1n) is 6.32. The van der Waals surface area contributed by atoms with Gasteiger partial charge in [0.15, 0.2) is 0 Å². The van der Waals surface area contributed by atoms with E-state index in [1.807, 2.05) is 30.3 Å². The molecule has 18 heavy (non-hydrogen) atoms. The molecule has 1 aliphatic heterocycles. The lowest BCUT2D eigenvalue weighted by molar-refractivity contribution is -0.126. The minimum atomic E-state index is -0.222. The van der Waals surface area contributed by atoms with E-state index in [4.69, 9.17) is 4.74 Å². The number of rotatable bonds is 5. The van der Waals surface area contributed by atoms with Crippen molar-refractivity contribution in [1.29, 1.82) is 0 Å². The fraction of sp³-hybridized carbons (Fsp3) is 0.500. The molecule has 4 heteroatoms. The molecule has 0 aromatic heterocycles. The largest absolute Gasteiger partial charge is 0.394 e. The van der Waals surface area contributed by atoms with Crippen LogP contribution in [0.4, 0.5) is 0 Å². The molecule has 4 nitrogen and oxygen atoms in total.